The maximum absolute atomic E-state index is 11.8. The highest BCUT2D eigenvalue weighted by atomic mass is 16.6. The van der Waals surface area contributed by atoms with E-state index < -0.39 is 10.9 Å². The number of nitrogens with zero attached hydrogens (tertiary/aromatic N) is 1. The van der Waals surface area contributed by atoms with Crippen LogP contribution in [0.15, 0.2) is 36.4 Å². The van der Waals surface area contributed by atoms with Crippen molar-refractivity contribution in [2.24, 2.45) is 5.92 Å². The van der Waals surface area contributed by atoms with Crippen molar-refractivity contribution in [1.29, 1.82) is 0 Å². The first-order valence-electron chi connectivity index (χ1n) is 6.69. The number of carbonyl (C=O) groups excluding carboxylic acids is 2. The molecule has 1 atom stereocenters. The summed E-state index contributed by atoms with van der Waals surface area (Å²) in [5.41, 5.74) is 0.198. The molecule has 1 aromatic rings. The molecule has 0 saturated carbocycles. The summed E-state index contributed by atoms with van der Waals surface area (Å²) in [4.78, 5) is 33.6. The molecular weight excluding hydrogens is 274 g/mol. The van der Waals surface area contributed by atoms with E-state index in [-0.39, 0.29) is 29.6 Å². The molecule has 0 spiro atoms. The Morgan fingerprint density at radius 2 is 2.00 bits per heavy atom. The molecular formula is C15H15NO5. The lowest BCUT2D eigenvalue weighted by atomic mass is 9.96. The first kappa shape index (κ1) is 14.9. The third kappa shape index (κ3) is 3.98. The first-order valence-corrected chi connectivity index (χ1v) is 6.69. The number of nitro benzene ring substituents is 1. The fraction of sp³-hybridized carbons (Fsp3) is 0.333. The lowest BCUT2D eigenvalue weighted by molar-refractivity contribution is -0.384. The van der Waals surface area contributed by atoms with Crippen LogP contribution in [0.25, 0.3) is 0 Å². The standard InChI is InChI=1S/C15H15NO5/c17-14(11-6-8-13(9-7-11)16(19)20)10-21-15(18)12-4-2-1-3-5-12/h2,4,6-9,12H,1,3,5,10H2. The lowest BCUT2D eigenvalue weighted by Crippen LogP contribution is -2.21. The molecule has 0 radical (unpaired) electrons. The number of hydrogen-bond acceptors (Lipinski definition) is 5. The van der Waals surface area contributed by atoms with Crippen molar-refractivity contribution in [3.05, 3.63) is 52.1 Å². The van der Waals surface area contributed by atoms with E-state index in [1.165, 1.54) is 24.3 Å². The topological polar surface area (TPSA) is 86.5 Å². The fourth-order valence-electron chi connectivity index (χ4n) is 2.10. The van der Waals surface area contributed by atoms with Gasteiger partial charge in [-0.15, -0.1) is 0 Å². The highest BCUT2D eigenvalue weighted by Crippen LogP contribution is 2.18. The van der Waals surface area contributed by atoms with Crippen LogP contribution >= 0.6 is 0 Å². The maximum atomic E-state index is 11.8. The van der Waals surface area contributed by atoms with E-state index in [0.717, 1.165) is 19.3 Å². The Balaban J connectivity index is 1.89. The average Bonchev–Trinajstić information content (AvgIpc) is 2.53. The monoisotopic (exact) mass is 289 g/mol. The van der Waals surface area contributed by atoms with Crippen LogP contribution in [0.2, 0.25) is 0 Å². The van der Waals surface area contributed by atoms with Gasteiger partial charge >= 0.3 is 5.97 Å². The van der Waals surface area contributed by atoms with Crippen molar-refractivity contribution < 1.29 is 19.2 Å². The van der Waals surface area contributed by atoms with E-state index in [0.29, 0.717) is 0 Å². The molecule has 1 unspecified atom stereocenters. The van der Waals surface area contributed by atoms with Crippen LogP contribution in [-0.2, 0) is 9.53 Å². The molecule has 1 aliphatic rings. The molecule has 0 bridgehead atoms. The summed E-state index contributed by atoms with van der Waals surface area (Å²) in [6.45, 7) is -0.346. The van der Waals surface area contributed by atoms with Gasteiger partial charge in [0.25, 0.3) is 5.69 Å². The van der Waals surface area contributed by atoms with Gasteiger partial charge in [-0.3, -0.25) is 19.7 Å². The highest BCUT2D eigenvalue weighted by Gasteiger charge is 2.20. The van der Waals surface area contributed by atoms with Gasteiger partial charge in [0.2, 0.25) is 0 Å². The van der Waals surface area contributed by atoms with Crippen LogP contribution in [0.1, 0.15) is 29.6 Å². The number of benzene rings is 1. The van der Waals surface area contributed by atoms with Gasteiger partial charge in [0.05, 0.1) is 10.8 Å². The number of nitro groups is 1. The molecule has 0 aromatic heterocycles. The Hall–Kier alpha value is -2.50. The number of allylic oxidation sites excluding steroid dienone is 1. The molecule has 6 nitrogen and oxygen atoms in total. The van der Waals surface area contributed by atoms with Gasteiger partial charge < -0.3 is 4.74 Å². The zero-order valence-corrected chi connectivity index (χ0v) is 11.4. The fourth-order valence-corrected chi connectivity index (χ4v) is 2.10. The van der Waals surface area contributed by atoms with E-state index in [2.05, 4.69) is 0 Å². The summed E-state index contributed by atoms with van der Waals surface area (Å²) < 4.78 is 5.00. The zero-order valence-electron chi connectivity index (χ0n) is 11.4. The molecule has 21 heavy (non-hydrogen) atoms. The number of non-ortho nitro benzene ring substituents is 1. The van der Waals surface area contributed by atoms with Crippen LogP contribution in [0.4, 0.5) is 5.69 Å². The van der Waals surface area contributed by atoms with Crippen molar-refractivity contribution in [3.63, 3.8) is 0 Å². The molecule has 0 fully saturated rings. The number of carbonyl (C=O) groups is 2. The molecule has 0 aliphatic heterocycles. The normalized spacial score (nSPS) is 17.2. The van der Waals surface area contributed by atoms with Crippen LogP contribution < -0.4 is 0 Å². The number of rotatable bonds is 5. The third-order valence-corrected chi connectivity index (χ3v) is 3.30. The average molecular weight is 289 g/mol. The number of esters is 1. The Bertz CT molecular complexity index is 576. The second-order valence-electron chi connectivity index (χ2n) is 4.80. The van der Waals surface area contributed by atoms with Gasteiger partial charge in [0.15, 0.2) is 12.4 Å². The predicted molar refractivity (Wildman–Crippen MR) is 74.9 cm³/mol. The number of hydrogen-bond donors (Lipinski definition) is 0. The molecule has 0 amide bonds. The number of ether oxygens (including phenoxy) is 1. The third-order valence-electron chi connectivity index (χ3n) is 3.30. The summed E-state index contributed by atoms with van der Waals surface area (Å²) >= 11 is 0. The van der Waals surface area contributed by atoms with Crippen LogP contribution in [0, 0.1) is 16.0 Å². The van der Waals surface area contributed by atoms with E-state index in [1.54, 1.807) is 0 Å². The van der Waals surface area contributed by atoms with Crippen LogP contribution in [0.3, 0.4) is 0 Å². The second-order valence-corrected chi connectivity index (χ2v) is 4.80. The van der Waals surface area contributed by atoms with Crippen molar-refractivity contribution in [1.82, 2.24) is 0 Å². The molecule has 0 heterocycles. The molecule has 0 saturated heterocycles. The van der Waals surface area contributed by atoms with Gasteiger partial charge in [0.1, 0.15) is 0 Å². The lowest BCUT2D eigenvalue weighted by Gasteiger charge is -2.14. The maximum Gasteiger partial charge on any atom is 0.313 e. The van der Waals surface area contributed by atoms with Gasteiger partial charge in [-0.05, 0) is 31.4 Å². The molecule has 1 aromatic carbocycles. The van der Waals surface area contributed by atoms with E-state index >= 15 is 0 Å². The van der Waals surface area contributed by atoms with Gasteiger partial charge in [-0.1, -0.05) is 12.2 Å². The first-order chi connectivity index (χ1) is 10.1. The Kier molecular flexibility index (Phi) is 4.81. The van der Waals surface area contributed by atoms with Crippen molar-refractivity contribution in [2.75, 3.05) is 6.61 Å². The van der Waals surface area contributed by atoms with Crippen LogP contribution in [-0.4, -0.2) is 23.3 Å². The van der Waals surface area contributed by atoms with Gasteiger partial charge in [-0.25, -0.2) is 0 Å². The summed E-state index contributed by atoms with van der Waals surface area (Å²) in [5, 5.41) is 10.5. The van der Waals surface area contributed by atoms with Crippen molar-refractivity contribution in [3.8, 4) is 0 Å². The molecule has 0 N–H and O–H groups in total. The largest absolute Gasteiger partial charge is 0.457 e. The minimum Gasteiger partial charge on any atom is -0.457 e. The molecule has 110 valence electrons. The van der Waals surface area contributed by atoms with E-state index in [1.807, 2.05) is 12.2 Å². The van der Waals surface area contributed by atoms with Crippen molar-refractivity contribution in [2.45, 2.75) is 19.3 Å². The predicted octanol–water partition coefficient (Wildman–Crippen LogP) is 2.68. The van der Waals surface area contributed by atoms with Crippen molar-refractivity contribution >= 4 is 17.4 Å². The highest BCUT2D eigenvalue weighted by molar-refractivity contribution is 5.98. The van der Waals surface area contributed by atoms with E-state index in [4.69, 9.17) is 4.74 Å². The SMILES string of the molecule is O=C(COC(=O)C1C=CCCC1)c1ccc([N+](=O)[O-])cc1. The zero-order chi connectivity index (χ0) is 15.2. The number of ketones is 1. The van der Waals surface area contributed by atoms with Gasteiger partial charge in [0, 0.05) is 17.7 Å². The summed E-state index contributed by atoms with van der Waals surface area (Å²) in [6.07, 6.45) is 6.38. The molecule has 2 rings (SSSR count). The van der Waals surface area contributed by atoms with E-state index in [9.17, 15) is 19.7 Å². The minimum absolute atomic E-state index is 0.0871. The molecule has 6 heteroatoms. The van der Waals surface area contributed by atoms with Crippen LogP contribution in [0.5, 0.6) is 0 Å². The Labute approximate surface area is 121 Å². The number of Topliss-reactive ketones (excluding diaryl/α,β-unsaturated/α-hetero) is 1. The Morgan fingerprint density at radius 1 is 1.29 bits per heavy atom. The summed E-state index contributed by atoms with van der Waals surface area (Å²) in [7, 11) is 0. The summed E-state index contributed by atoms with van der Waals surface area (Å²) in [5.74, 6) is -1.05. The Morgan fingerprint density at radius 3 is 2.57 bits per heavy atom. The second kappa shape index (κ2) is 6.78. The van der Waals surface area contributed by atoms with Gasteiger partial charge in [-0.2, -0.15) is 0 Å². The minimum atomic E-state index is -0.538. The smallest absolute Gasteiger partial charge is 0.313 e. The quantitative estimate of drug-likeness (QED) is 0.273. The summed E-state index contributed by atoms with van der Waals surface area (Å²) in [6, 6.07) is 5.21. The molecule has 1 aliphatic carbocycles.